The molecule has 0 spiro atoms. The quantitative estimate of drug-likeness (QED) is 0.918. The molecule has 2 aromatic rings. The number of aryl methyl sites for hydroxylation is 1. The van der Waals surface area contributed by atoms with Crippen molar-refractivity contribution in [2.45, 2.75) is 19.8 Å². The minimum Gasteiger partial charge on any atom is -0.481 e. The van der Waals surface area contributed by atoms with Gasteiger partial charge in [0.05, 0.1) is 17.3 Å². The van der Waals surface area contributed by atoms with Crippen molar-refractivity contribution < 1.29 is 14.7 Å². The van der Waals surface area contributed by atoms with Gasteiger partial charge in [-0.3, -0.25) is 9.59 Å². The molecule has 3 rings (SSSR count). The average molecular weight is 349 g/mol. The predicted octanol–water partition coefficient (Wildman–Crippen LogP) is 2.17. The lowest BCUT2D eigenvalue weighted by atomic mass is 9.98. The minimum atomic E-state index is -0.869. The third-order valence-corrected chi connectivity index (χ3v) is 4.32. The Balaban J connectivity index is 1.84. The zero-order valence-electron chi connectivity index (χ0n) is 13.1. The number of carbonyl (C=O) groups is 2. The van der Waals surface area contributed by atoms with Crippen molar-refractivity contribution in [1.82, 2.24) is 19.9 Å². The van der Waals surface area contributed by atoms with Crippen LogP contribution in [0.4, 0.5) is 0 Å². The molecule has 1 amide bonds. The number of amides is 1. The van der Waals surface area contributed by atoms with Gasteiger partial charge in [-0.15, -0.1) is 5.10 Å². The van der Waals surface area contributed by atoms with Crippen molar-refractivity contribution in [3.63, 3.8) is 0 Å². The second-order valence-electron chi connectivity index (χ2n) is 5.83. The largest absolute Gasteiger partial charge is 0.481 e. The van der Waals surface area contributed by atoms with Gasteiger partial charge in [-0.2, -0.15) is 9.90 Å². The maximum atomic E-state index is 12.7. The third-order valence-electron chi connectivity index (χ3n) is 4.08. The molecule has 0 saturated carbocycles. The Labute approximate surface area is 143 Å². The highest BCUT2D eigenvalue weighted by Crippen LogP contribution is 2.20. The molecule has 1 fully saturated rings. The van der Waals surface area contributed by atoms with Gasteiger partial charge in [-0.25, -0.2) is 0 Å². The van der Waals surface area contributed by atoms with E-state index >= 15 is 0 Å². The number of benzene rings is 1. The molecule has 126 valence electrons. The standard InChI is InChI=1S/C16H17ClN4O3/c1-10-14(15(22)20-7-3-4-11(9-20)16(23)24)19-21(18-10)13-6-2-5-12(17)8-13/h2,5-6,8,11H,3-4,7,9H2,1H3,(H,23,24)/t11-/m1/s1. The normalized spacial score (nSPS) is 17.8. The van der Waals surface area contributed by atoms with Gasteiger partial charge in [0.2, 0.25) is 0 Å². The summed E-state index contributed by atoms with van der Waals surface area (Å²) in [6.07, 6.45) is 1.26. The van der Waals surface area contributed by atoms with Crippen LogP contribution < -0.4 is 0 Å². The summed E-state index contributed by atoms with van der Waals surface area (Å²) >= 11 is 5.97. The van der Waals surface area contributed by atoms with E-state index in [4.69, 9.17) is 16.7 Å². The summed E-state index contributed by atoms with van der Waals surface area (Å²) in [5.74, 6) is -1.68. The maximum absolute atomic E-state index is 12.7. The van der Waals surface area contributed by atoms with Crippen molar-refractivity contribution in [3.8, 4) is 5.69 Å². The van der Waals surface area contributed by atoms with Gasteiger partial charge in [0, 0.05) is 18.1 Å². The van der Waals surface area contributed by atoms with Gasteiger partial charge in [-0.1, -0.05) is 17.7 Å². The summed E-state index contributed by atoms with van der Waals surface area (Å²) in [6.45, 7) is 2.45. The lowest BCUT2D eigenvalue weighted by Crippen LogP contribution is -2.42. The second kappa shape index (κ2) is 6.60. The minimum absolute atomic E-state index is 0.206. The molecule has 8 heteroatoms. The smallest absolute Gasteiger partial charge is 0.308 e. The van der Waals surface area contributed by atoms with Crippen LogP contribution in [-0.4, -0.2) is 50.0 Å². The molecule has 0 radical (unpaired) electrons. The lowest BCUT2D eigenvalue weighted by molar-refractivity contribution is -0.143. The molecule has 2 heterocycles. The number of likely N-dealkylation sites (tertiary alicyclic amines) is 1. The van der Waals surface area contributed by atoms with Gasteiger partial charge < -0.3 is 10.0 Å². The number of hydrogen-bond acceptors (Lipinski definition) is 4. The highest BCUT2D eigenvalue weighted by Gasteiger charge is 2.30. The Bertz CT molecular complexity index is 789. The van der Waals surface area contributed by atoms with Gasteiger partial charge in [0.1, 0.15) is 0 Å². The van der Waals surface area contributed by atoms with Crippen LogP contribution >= 0.6 is 11.6 Å². The van der Waals surface area contributed by atoms with E-state index in [9.17, 15) is 9.59 Å². The van der Waals surface area contributed by atoms with Gasteiger partial charge in [-0.05, 0) is 38.0 Å². The number of carbonyl (C=O) groups excluding carboxylic acids is 1. The van der Waals surface area contributed by atoms with E-state index in [1.165, 1.54) is 4.80 Å². The van der Waals surface area contributed by atoms with E-state index < -0.39 is 11.9 Å². The molecule has 0 bridgehead atoms. The summed E-state index contributed by atoms with van der Waals surface area (Å²) in [5.41, 5.74) is 1.39. The number of hydrogen-bond donors (Lipinski definition) is 1. The Kier molecular flexibility index (Phi) is 4.53. The highest BCUT2D eigenvalue weighted by atomic mass is 35.5. The molecule has 7 nitrogen and oxygen atoms in total. The van der Waals surface area contributed by atoms with Gasteiger partial charge in [0.25, 0.3) is 5.91 Å². The van der Waals surface area contributed by atoms with Crippen molar-refractivity contribution in [2.75, 3.05) is 13.1 Å². The molecule has 1 N–H and O–H groups in total. The molecular formula is C16H17ClN4O3. The molecule has 0 aliphatic carbocycles. The zero-order chi connectivity index (χ0) is 17.3. The number of rotatable bonds is 3. The number of nitrogens with zero attached hydrogens (tertiary/aromatic N) is 4. The molecule has 24 heavy (non-hydrogen) atoms. The fourth-order valence-electron chi connectivity index (χ4n) is 2.81. The molecule has 1 aliphatic rings. The summed E-state index contributed by atoms with van der Waals surface area (Å²) in [6, 6.07) is 7.02. The molecule has 1 atom stereocenters. The lowest BCUT2D eigenvalue weighted by Gasteiger charge is -2.30. The monoisotopic (exact) mass is 348 g/mol. The Hall–Kier alpha value is -2.41. The van der Waals surface area contributed by atoms with Crippen LogP contribution in [0.25, 0.3) is 5.69 Å². The van der Waals surface area contributed by atoms with E-state index in [1.807, 2.05) is 0 Å². The van der Waals surface area contributed by atoms with Crippen molar-refractivity contribution in [2.24, 2.45) is 5.92 Å². The molecule has 0 unspecified atom stereocenters. The number of carboxylic acid groups (broad SMARTS) is 1. The summed E-state index contributed by atoms with van der Waals surface area (Å²) in [5, 5.41) is 18.3. The topological polar surface area (TPSA) is 88.3 Å². The summed E-state index contributed by atoms with van der Waals surface area (Å²) < 4.78 is 0. The summed E-state index contributed by atoms with van der Waals surface area (Å²) in [4.78, 5) is 26.8. The van der Waals surface area contributed by atoms with E-state index in [0.717, 1.165) is 0 Å². The van der Waals surface area contributed by atoms with Crippen LogP contribution in [0.15, 0.2) is 24.3 Å². The number of aromatic nitrogens is 3. The number of carboxylic acids is 1. The fraction of sp³-hybridized carbons (Fsp3) is 0.375. The zero-order valence-corrected chi connectivity index (χ0v) is 13.9. The van der Waals surface area contributed by atoms with Crippen LogP contribution in [0.2, 0.25) is 5.02 Å². The molecule has 1 aliphatic heterocycles. The number of halogens is 1. The first-order chi connectivity index (χ1) is 11.5. The van der Waals surface area contributed by atoms with E-state index in [0.29, 0.717) is 35.8 Å². The Morgan fingerprint density at radius 3 is 2.83 bits per heavy atom. The van der Waals surface area contributed by atoms with Gasteiger partial charge in [0.15, 0.2) is 5.69 Å². The van der Waals surface area contributed by atoms with E-state index in [1.54, 1.807) is 36.1 Å². The molecule has 1 saturated heterocycles. The van der Waals surface area contributed by atoms with Crippen molar-refractivity contribution >= 4 is 23.5 Å². The number of aliphatic carboxylic acids is 1. The van der Waals surface area contributed by atoms with Crippen LogP contribution in [0.3, 0.4) is 0 Å². The maximum Gasteiger partial charge on any atom is 0.308 e. The fourth-order valence-corrected chi connectivity index (χ4v) is 2.99. The number of piperidine rings is 1. The van der Waals surface area contributed by atoms with Crippen molar-refractivity contribution in [3.05, 3.63) is 40.7 Å². The Morgan fingerprint density at radius 2 is 2.12 bits per heavy atom. The first-order valence-electron chi connectivity index (χ1n) is 7.67. The average Bonchev–Trinajstić information content (AvgIpc) is 2.96. The van der Waals surface area contributed by atoms with E-state index in [-0.39, 0.29) is 18.1 Å². The molecular weight excluding hydrogens is 332 g/mol. The van der Waals surface area contributed by atoms with E-state index in [2.05, 4.69) is 10.2 Å². The third kappa shape index (κ3) is 3.26. The first kappa shape index (κ1) is 16.4. The van der Waals surface area contributed by atoms with Crippen LogP contribution in [0, 0.1) is 12.8 Å². The van der Waals surface area contributed by atoms with Crippen molar-refractivity contribution in [1.29, 1.82) is 0 Å². The Morgan fingerprint density at radius 1 is 1.33 bits per heavy atom. The second-order valence-corrected chi connectivity index (χ2v) is 6.27. The van der Waals surface area contributed by atoms with Crippen LogP contribution in [0.5, 0.6) is 0 Å². The highest BCUT2D eigenvalue weighted by molar-refractivity contribution is 6.30. The van der Waals surface area contributed by atoms with Crippen LogP contribution in [0.1, 0.15) is 29.0 Å². The predicted molar refractivity (Wildman–Crippen MR) is 87.4 cm³/mol. The van der Waals surface area contributed by atoms with Gasteiger partial charge >= 0.3 is 5.97 Å². The molecule has 1 aromatic carbocycles. The SMILES string of the molecule is Cc1nn(-c2cccc(Cl)c2)nc1C(=O)N1CCC[C@@H](C(=O)O)C1. The molecule has 1 aromatic heterocycles. The van der Waals surface area contributed by atoms with Crippen LogP contribution in [-0.2, 0) is 4.79 Å². The summed E-state index contributed by atoms with van der Waals surface area (Å²) in [7, 11) is 0. The first-order valence-corrected chi connectivity index (χ1v) is 8.05.